The maximum Gasteiger partial charge on any atom is 0.256 e. The highest BCUT2D eigenvalue weighted by atomic mass is 16.2. The van der Waals surface area contributed by atoms with Crippen molar-refractivity contribution in [3.63, 3.8) is 0 Å². The molecule has 25 heavy (non-hydrogen) atoms. The van der Waals surface area contributed by atoms with Crippen LogP contribution in [0.5, 0.6) is 0 Å². The Morgan fingerprint density at radius 3 is 2.24 bits per heavy atom. The van der Waals surface area contributed by atoms with Crippen LogP contribution < -0.4 is 10.2 Å². The van der Waals surface area contributed by atoms with E-state index in [0.29, 0.717) is 5.69 Å². The molecule has 0 spiro atoms. The Kier molecular flexibility index (Phi) is 5.61. The van der Waals surface area contributed by atoms with E-state index in [1.807, 2.05) is 36.9 Å². The van der Waals surface area contributed by atoms with Crippen molar-refractivity contribution in [3.05, 3.63) is 23.8 Å². The monoisotopic (exact) mass is 343 g/mol. The molecule has 1 aromatic rings. The van der Waals surface area contributed by atoms with E-state index in [1.165, 1.54) is 19.3 Å². The molecule has 0 aliphatic carbocycles. The summed E-state index contributed by atoms with van der Waals surface area (Å²) in [6, 6.07) is 5.78. The molecule has 5 nitrogen and oxygen atoms in total. The molecule has 2 fully saturated rings. The number of benzene rings is 1. The Labute approximate surface area is 150 Å². The van der Waals surface area contributed by atoms with E-state index in [-0.39, 0.29) is 17.7 Å². The van der Waals surface area contributed by atoms with E-state index in [4.69, 9.17) is 0 Å². The highest BCUT2D eigenvalue weighted by molar-refractivity contribution is 6.02. The number of piperidine rings is 1. The van der Waals surface area contributed by atoms with Crippen molar-refractivity contribution in [2.24, 2.45) is 5.92 Å². The maximum atomic E-state index is 13.1. The number of rotatable bonds is 4. The summed E-state index contributed by atoms with van der Waals surface area (Å²) in [4.78, 5) is 29.4. The molecule has 2 amide bonds. The zero-order chi connectivity index (χ0) is 17.8. The Morgan fingerprint density at radius 2 is 1.60 bits per heavy atom. The van der Waals surface area contributed by atoms with Crippen LogP contribution in [-0.2, 0) is 4.79 Å². The average Bonchev–Trinajstić information content (AvgIpc) is 3.16. The summed E-state index contributed by atoms with van der Waals surface area (Å²) in [5.41, 5.74) is 2.45. The Bertz CT molecular complexity index is 630. The third-order valence-corrected chi connectivity index (χ3v) is 5.11. The number of nitrogens with zero attached hydrogens (tertiary/aromatic N) is 2. The quantitative estimate of drug-likeness (QED) is 0.910. The van der Waals surface area contributed by atoms with Crippen molar-refractivity contribution in [1.29, 1.82) is 0 Å². The summed E-state index contributed by atoms with van der Waals surface area (Å²) in [5.74, 6) is -0.00737. The Balaban J connectivity index is 1.89. The van der Waals surface area contributed by atoms with Crippen LogP contribution >= 0.6 is 0 Å². The van der Waals surface area contributed by atoms with Crippen molar-refractivity contribution in [2.45, 2.75) is 46.0 Å². The highest BCUT2D eigenvalue weighted by Crippen LogP contribution is 2.29. The number of amides is 2. The number of nitrogens with one attached hydrogen (secondary N) is 1. The van der Waals surface area contributed by atoms with Gasteiger partial charge in [-0.1, -0.05) is 13.8 Å². The van der Waals surface area contributed by atoms with Crippen LogP contribution in [0.2, 0.25) is 0 Å². The van der Waals surface area contributed by atoms with Crippen LogP contribution in [0.15, 0.2) is 18.2 Å². The predicted molar refractivity (Wildman–Crippen MR) is 101 cm³/mol. The number of hydrogen-bond donors (Lipinski definition) is 1. The van der Waals surface area contributed by atoms with E-state index >= 15 is 0 Å². The van der Waals surface area contributed by atoms with E-state index < -0.39 is 0 Å². The molecule has 2 aliphatic rings. The molecule has 2 saturated heterocycles. The van der Waals surface area contributed by atoms with Gasteiger partial charge in [-0.05, 0) is 50.3 Å². The highest BCUT2D eigenvalue weighted by Gasteiger charge is 2.25. The summed E-state index contributed by atoms with van der Waals surface area (Å²) >= 11 is 0. The molecule has 0 aromatic heterocycles. The lowest BCUT2D eigenvalue weighted by Gasteiger charge is -2.29. The number of carbonyl (C=O) groups excluding carboxylic acids is 2. The Morgan fingerprint density at radius 1 is 0.960 bits per heavy atom. The molecule has 1 aromatic carbocycles. The number of anilines is 2. The van der Waals surface area contributed by atoms with Crippen molar-refractivity contribution in [2.75, 3.05) is 36.4 Å². The second-order valence-corrected chi connectivity index (χ2v) is 7.42. The molecular formula is C20H29N3O2. The fourth-order valence-electron chi connectivity index (χ4n) is 3.57. The van der Waals surface area contributed by atoms with E-state index in [9.17, 15) is 9.59 Å². The van der Waals surface area contributed by atoms with Crippen LogP contribution in [0.4, 0.5) is 11.4 Å². The van der Waals surface area contributed by atoms with Crippen molar-refractivity contribution in [3.8, 4) is 0 Å². The lowest BCUT2D eigenvalue weighted by Crippen LogP contribution is -2.36. The van der Waals surface area contributed by atoms with Gasteiger partial charge in [0.05, 0.1) is 5.56 Å². The van der Waals surface area contributed by atoms with Gasteiger partial charge < -0.3 is 15.1 Å². The number of hydrogen-bond acceptors (Lipinski definition) is 3. The lowest BCUT2D eigenvalue weighted by atomic mass is 10.1. The minimum Gasteiger partial charge on any atom is -0.371 e. The van der Waals surface area contributed by atoms with Crippen molar-refractivity contribution >= 4 is 23.2 Å². The van der Waals surface area contributed by atoms with Crippen LogP contribution in [0.1, 0.15) is 56.3 Å². The van der Waals surface area contributed by atoms with Gasteiger partial charge in [0.15, 0.2) is 0 Å². The fraction of sp³-hybridized carbons (Fsp3) is 0.600. The van der Waals surface area contributed by atoms with Crippen LogP contribution in [0, 0.1) is 5.92 Å². The van der Waals surface area contributed by atoms with Gasteiger partial charge in [-0.15, -0.1) is 0 Å². The Hall–Kier alpha value is -2.04. The summed E-state index contributed by atoms with van der Waals surface area (Å²) in [6.07, 6.45) is 5.70. The van der Waals surface area contributed by atoms with Gasteiger partial charge in [0.25, 0.3) is 5.91 Å². The average molecular weight is 343 g/mol. The second kappa shape index (κ2) is 7.89. The van der Waals surface area contributed by atoms with Crippen molar-refractivity contribution < 1.29 is 9.59 Å². The third kappa shape index (κ3) is 4.14. The molecule has 3 rings (SSSR count). The maximum absolute atomic E-state index is 13.1. The van der Waals surface area contributed by atoms with Gasteiger partial charge >= 0.3 is 0 Å². The lowest BCUT2D eigenvalue weighted by molar-refractivity contribution is -0.118. The first-order chi connectivity index (χ1) is 12.1. The van der Waals surface area contributed by atoms with E-state index in [1.54, 1.807) is 0 Å². The first kappa shape index (κ1) is 17.8. The number of likely N-dealkylation sites (tertiary alicyclic amines) is 1. The summed E-state index contributed by atoms with van der Waals surface area (Å²) in [5, 5.41) is 2.93. The largest absolute Gasteiger partial charge is 0.371 e. The van der Waals surface area contributed by atoms with Gasteiger partial charge in [0, 0.05) is 43.5 Å². The SMILES string of the molecule is CC(C)C(=O)Nc1ccc(N2CCCC2)c(C(=O)N2CCCCC2)c1. The third-order valence-electron chi connectivity index (χ3n) is 5.11. The molecule has 0 unspecified atom stereocenters. The summed E-state index contributed by atoms with van der Waals surface area (Å²) in [6.45, 7) is 7.40. The topological polar surface area (TPSA) is 52.7 Å². The zero-order valence-corrected chi connectivity index (χ0v) is 15.4. The summed E-state index contributed by atoms with van der Waals surface area (Å²) in [7, 11) is 0. The van der Waals surface area contributed by atoms with E-state index in [0.717, 1.165) is 50.3 Å². The fourth-order valence-corrected chi connectivity index (χ4v) is 3.57. The van der Waals surface area contributed by atoms with Crippen LogP contribution in [-0.4, -0.2) is 42.9 Å². The van der Waals surface area contributed by atoms with Crippen LogP contribution in [0.3, 0.4) is 0 Å². The van der Waals surface area contributed by atoms with Gasteiger partial charge in [-0.3, -0.25) is 9.59 Å². The van der Waals surface area contributed by atoms with Gasteiger partial charge in [-0.25, -0.2) is 0 Å². The minimum absolute atomic E-state index is 0.0229. The molecule has 5 heteroatoms. The molecule has 136 valence electrons. The molecule has 1 N–H and O–H groups in total. The van der Waals surface area contributed by atoms with Gasteiger partial charge in [-0.2, -0.15) is 0 Å². The molecule has 0 radical (unpaired) electrons. The molecule has 2 aliphatic heterocycles. The van der Waals surface area contributed by atoms with Crippen molar-refractivity contribution in [1.82, 2.24) is 4.90 Å². The van der Waals surface area contributed by atoms with Gasteiger partial charge in [0.2, 0.25) is 5.91 Å². The van der Waals surface area contributed by atoms with Crippen LogP contribution in [0.25, 0.3) is 0 Å². The standard InChI is InChI=1S/C20H29N3O2/c1-15(2)19(24)21-16-8-9-18(22-10-6-7-11-22)17(14-16)20(25)23-12-4-3-5-13-23/h8-9,14-15H,3-7,10-13H2,1-2H3,(H,21,24). The zero-order valence-electron chi connectivity index (χ0n) is 15.4. The predicted octanol–water partition coefficient (Wildman–Crippen LogP) is 3.51. The molecule has 0 atom stereocenters. The molecule has 0 saturated carbocycles. The molecular weight excluding hydrogens is 314 g/mol. The van der Waals surface area contributed by atoms with Gasteiger partial charge in [0.1, 0.15) is 0 Å². The first-order valence-electron chi connectivity index (χ1n) is 9.55. The second-order valence-electron chi connectivity index (χ2n) is 7.42. The smallest absolute Gasteiger partial charge is 0.256 e. The number of carbonyl (C=O) groups is 2. The first-order valence-corrected chi connectivity index (χ1v) is 9.55. The minimum atomic E-state index is -0.0838. The molecule has 2 heterocycles. The normalized spacial score (nSPS) is 17.9. The van der Waals surface area contributed by atoms with E-state index in [2.05, 4.69) is 10.2 Å². The summed E-state index contributed by atoms with van der Waals surface area (Å²) < 4.78 is 0. The molecule has 0 bridgehead atoms.